The van der Waals surface area contributed by atoms with Crippen molar-refractivity contribution in [3.63, 3.8) is 0 Å². The van der Waals surface area contributed by atoms with Gasteiger partial charge in [-0.2, -0.15) is 0 Å². The molecule has 0 radical (unpaired) electrons. The number of sulfone groups is 1. The molecule has 12 heteroatoms. The third-order valence-electron chi connectivity index (χ3n) is 4.99. The second kappa shape index (κ2) is 7.67. The van der Waals surface area contributed by atoms with Gasteiger partial charge >= 0.3 is 0 Å². The number of sulfonamides is 1. The molecule has 1 aliphatic rings. The minimum absolute atomic E-state index is 0.0537. The van der Waals surface area contributed by atoms with Crippen molar-refractivity contribution >= 4 is 30.9 Å². The Kier molecular flexibility index (Phi) is 5.32. The molecule has 0 saturated carbocycles. The summed E-state index contributed by atoms with van der Waals surface area (Å²) in [5.74, 6) is -0.107. The lowest BCUT2D eigenvalue weighted by Crippen LogP contribution is -2.41. The molecule has 0 aliphatic carbocycles. The summed E-state index contributed by atoms with van der Waals surface area (Å²) in [4.78, 5) is 10.6. The van der Waals surface area contributed by atoms with Gasteiger partial charge in [0.2, 0.25) is 0 Å². The highest BCUT2D eigenvalue weighted by Gasteiger charge is 2.28. The van der Waals surface area contributed by atoms with E-state index in [0.717, 1.165) is 0 Å². The average Bonchev–Trinajstić information content (AvgIpc) is 3.14. The molecule has 8 nitrogen and oxygen atoms in total. The Hall–Kier alpha value is -2.44. The highest BCUT2D eigenvalue weighted by Crippen LogP contribution is 2.30. The summed E-state index contributed by atoms with van der Waals surface area (Å²) in [5.41, 5.74) is 1.18. The molecular formula is C18H18F2N4O4S2. The van der Waals surface area contributed by atoms with Crippen LogP contribution in [0.25, 0.3) is 22.2 Å². The maximum absolute atomic E-state index is 13.0. The number of H-pyrrole nitrogens is 1. The Labute approximate surface area is 171 Å². The molecule has 3 aromatic heterocycles. The number of rotatable bonds is 5. The van der Waals surface area contributed by atoms with Gasteiger partial charge in [-0.1, -0.05) is 0 Å². The smallest absolute Gasteiger partial charge is 0.278 e. The van der Waals surface area contributed by atoms with Crippen LogP contribution in [0.1, 0.15) is 25.0 Å². The van der Waals surface area contributed by atoms with Gasteiger partial charge < -0.3 is 4.98 Å². The van der Waals surface area contributed by atoms with E-state index in [1.54, 1.807) is 6.07 Å². The fourth-order valence-electron chi connectivity index (χ4n) is 3.40. The first kappa shape index (κ1) is 20.8. The van der Waals surface area contributed by atoms with Gasteiger partial charge in [-0.25, -0.2) is 40.3 Å². The number of hydrogen-bond acceptors (Lipinski definition) is 6. The topological polar surface area (TPSA) is 122 Å². The Balaban J connectivity index is 1.58. The van der Waals surface area contributed by atoms with E-state index in [-0.39, 0.29) is 35.1 Å². The normalized spacial score (nSPS) is 17.6. The fourth-order valence-corrected chi connectivity index (χ4v) is 6.13. The van der Waals surface area contributed by atoms with Crippen molar-refractivity contribution in [3.05, 3.63) is 42.4 Å². The van der Waals surface area contributed by atoms with E-state index >= 15 is 0 Å². The molecule has 0 bridgehead atoms. The van der Waals surface area contributed by atoms with Crippen LogP contribution in [0.4, 0.5) is 8.78 Å². The molecule has 2 N–H and O–H groups in total. The molecule has 1 fully saturated rings. The minimum atomic E-state index is -3.92. The lowest BCUT2D eigenvalue weighted by atomic mass is 10.1. The van der Waals surface area contributed by atoms with Gasteiger partial charge in [0.25, 0.3) is 16.4 Å². The van der Waals surface area contributed by atoms with Crippen LogP contribution in [-0.2, 0) is 19.9 Å². The van der Waals surface area contributed by atoms with Crippen LogP contribution in [0.15, 0.2) is 41.7 Å². The van der Waals surface area contributed by atoms with Gasteiger partial charge in [0.15, 0.2) is 5.03 Å². The van der Waals surface area contributed by atoms with Crippen molar-refractivity contribution in [1.29, 1.82) is 0 Å². The lowest BCUT2D eigenvalue weighted by Gasteiger charge is -2.22. The van der Waals surface area contributed by atoms with Crippen molar-refractivity contribution in [1.82, 2.24) is 19.7 Å². The summed E-state index contributed by atoms with van der Waals surface area (Å²) in [5, 5.41) is 0.277. The maximum atomic E-state index is 13.0. The summed E-state index contributed by atoms with van der Waals surface area (Å²) in [6, 6.07) is 5.34. The van der Waals surface area contributed by atoms with Gasteiger partial charge in [0, 0.05) is 29.4 Å². The number of aromatic amines is 1. The summed E-state index contributed by atoms with van der Waals surface area (Å²) in [7, 11) is -7.02. The zero-order chi connectivity index (χ0) is 21.5. The molecule has 1 saturated heterocycles. The van der Waals surface area contributed by atoms with Crippen molar-refractivity contribution in [3.8, 4) is 11.1 Å². The van der Waals surface area contributed by atoms with E-state index in [2.05, 4.69) is 19.7 Å². The number of nitrogens with zero attached hydrogens (tertiary/aromatic N) is 2. The molecule has 160 valence electrons. The second-order valence-electron chi connectivity index (χ2n) is 7.08. The van der Waals surface area contributed by atoms with E-state index in [4.69, 9.17) is 0 Å². The van der Waals surface area contributed by atoms with E-state index in [1.165, 1.54) is 30.6 Å². The van der Waals surface area contributed by atoms with Crippen molar-refractivity contribution in [2.75, 3.05) is 11.5 Å². The predicted octanol–water partition coefficient (Wildman–Crippen LogP) is 2.42. The number of alkyl halides is 2. The molecular weight excluding hydrogens is 438 g/mol. The predicted molar refractivity (Wildman–Crippen MR) is 106 cm³/mol. The SMILES string of the molecule is O=S1(=O)CCC(NS(=O)(=O)c2ccc(-c3ccnc4[nH]c(C(F)F)cc34)cn2)CC1. The van der Waals surface area contributed by atoms with E-state index in [0.29, 0.717) is 22.2 Å². The second-order valence-corrected chi connectivity index (χ2v) is 11.0. The molecule has 4 rings (SSSR count). The van der Waals surface area contributed by atoms with Crippen LogP contribution >= 0.6 is 0 Å². The largest absolute Gasteiger partial charge is 0.338 e. The number of aromatic nitrogens is 3. The molecule has 4 heterocycles. The maximum Gasteiger partial charge on any atom is 0.278 e. The molecule has 1 aliphatic heterocycles. The van der Waals surface area contributed by atoms with Gasteiger partial charge in [-0.3, -0.25) is 0 Å². The Morgan fingerprint density at radius 2 is 1.87 bits per heavy atom. The van der Waals surface area contributed by atoms with Gasteiger partial charge in [0.05, 0.1) is 17.2 Å². The first-order valence-electron chi connectivity index (χ1n) is 9.09. The third-order valence-corrected chi connectivity index (χ3v) is 8.14. The zero-order valence-corrected chi connectivity index (χ0v) is 17.2. The van der Waals surface area contributed by atoms with Crippen LogP contribution in [0.3, 0.4) is 0 Å². The number of fused-ring (bicyclic) bond motifs is 1. The molecule has 0 spiro atoms. The molecule has 0 amide bonds. The van der Waals surface area contributed by atoms with E-state index in [1.807, 2.05) is 0 Å². The first-order valence-corrected chi connectivity index (χ1v) is 12.4. The van der Waals surface area contributed by atoms with Crippen molar-refractivity contribution < 1.29 is 25.6 Å². The first-order chi connectivity index (χ1) is 14.1. The quantitative estimate of drug-likeness (QED) is 0.608. The van der Waals surface area contributed by atoms with Gasteiger partial charge in [-0.15, -0.1) is 0 Å². The molecule has 0 aromatic carbocycles. The molecule has 0 atom stereocenters. The van der Waals surface area contributed by atoms with E-state index < -0.39 is 32.3 Å². The summed E-state index contributed by atoms with van der Waals surface area (Å²) in [6.07, 6.45) is 0.582. The van der Waals surface area contributed by atoms with Crippen LogP contribution < -0.4 is 4.72 Å². The van der Waals surface area contributed by atoms with Crippen LogP contribution in [0.5, 0.6) is 0 Å². The monoisotopic (exact) mass is 456 g/mol. The van der Waals surface area contributed by atoms with Crippen molar-refractivity contribution in [2.45, 2.75) is 30.3 Å². The minimum Gasteiger partial charge on any atom is -0.338 e. The molecule has 3 aromatic rings. The van der Waals surface area contributed by atoms with Crippen LogP contribution in [-0.4, -0.2) is 49.3 Å². The van der Waals surface area contributed by atoms with Crippen molar-refractivity contribution in [2.24, 2.45) is 0 Å². The van der Waals surface area contributed by atoms with Gasteiger partial charge in [-0.05, 0) is 42.7 Å². The average molecular weight is 456 g/mol. The zero-order valence-electron chi connectivity index (χ0n) is 15.5. The van der Waals surface area contributed by atoms with E-state index in [9.17, 15) is 25.6 Å². The molecule has 30 heavy (non-hydrogen) atoms. The number of pyridine rings is 2. The Morgan fingerprint density at radius 3 is 2.50 bits per heavy atom. The lowest BCUT2D eigenvalue weighted by molar-refractivity contribution is 0.147. The highest BCUT2D eigenvalue weighted by molar-refractivity contribution is 7.91. The highest BCUT2D eigenvalue weighted by atomic mass is 32.2. The Morgan fingerprint density at radius 1 is 1.13 bits per heavy atom. The summed E-state index contributed by atoms with van der Waals surface area (Å²) < 4.78 is 76.6. The summed E-state index contributed by atoms with van der Waals surface area (Å²) in [6.45, 7) is 0. The molecule has 0 unspecified atom stereocenters. The number of halogens is 2. The standard InChI is InChI=1S/C18H18F2N4O4S2/c19-17(20)15-9-14-13(3-6-21-18(14)23-15)11-1-2-16(22-10-11)30(27,28)24-12-4-7-29(25,26)8-5-12/h1-3,6,9-10,12,17,24H,4-5,7-8H2,(H,21,23). The van der Waals surface area contributed by atoms with Gasteiger partial charge in [0.1, 0.15) is 15.5 Å². The number of hydrogen-bond donors (Lipinski definition) is 2. The third kappa shape index (κ3) is 4.20. The number of nitrogens with one attached hydrogen (secondary N) is 2. The Bertz CT molecular complexity index is 1280. The summed E-state index contributed by atoms with van der Waals surface area (Å²) >= 11 is 0. The van der Waals surface area contributed by atoms with Crippen LogP contribution in [0.2, 0.25) is 0 Å². The van der Waals surface area contributed by atoms with Crippen LogP contribution in [0, 0.1) is 0 Å². The fraction of sp³-hybridized carbons (Fsp3) is 0.333.